The standard InChI is InChI=1S/C16H14Cl2N4OS2/c1-9(11-5-4-10(17)7-12(11)18)19-14(23)8-25-16-20-15(21-22-16)13-3-2-6-24-13/h2-7,9H,8H2,1H3,(H,19,23)(H,20,21,22)/t9-/m1/s1. The predicted octanol–water partition coefficient (Wildman–Crippen LogP) is 4.81. The Kier molecular flexibility index (Phi) is 6.01. The number of nitrogens with one attached hydrogen (secondary N) is 2. The summed E-state index contributed by atoms with van der Waals surface area (Å²) in [4.78, 5) is 17.5. The first-order valence-corrected chi connectivity index (χ1v) is 9.98. The van der Waals surface area contributed by atoms with Crippen LogP contribution in [-0.2, 0) is 4.79 Å². The number of carbonyl (C=O) groups excluding carboxylic acids is 1. The summed E-state index contributed by atoms with van der Waals surface area (Å²) in [6.07, 6.45) is 0. The van der Waals surface area contributed by atoms with Crippen molar-refractivity contribution in [3.8, 4) is 10.7 Å². The van der Waals surface area contributed by atoms with E-state index in [2.05, 4.69) is 20.5 Å². The number of carbonyl (C=O) groups is 1. The van der Waals surface area contributed by atoms with Crippen LogP contribution in [0.25, 0.3) is 10.7 Å². The molecule has 0 radical (unpaired) electrons. The molecule has 0 saturated carbocycles. The van der Waals surface area contributed by atoms with Crippen LogP contribution in [0.3, 0.4) is 0 Å². The summed E-state index contributed by atoms with van der Waals surface area (Å²) in [7, 11) is 0. The smallest absolute Gasteiger partial charge is 0.230 e. The van der Waals surface area contributed by atoms with E-state index >= 15 is 0 Å². The van der Waals surface area contributed by atoms with Crippen LogP contribution in [0.4, 0.5) is 0 Å². The van der Waals surface area contributed by atoms with Crippen molar-refractivity contribution in [3.63, 3.8) is 0 Å². The number of aromatic amines is 1. The fraction of sp³-hybridized carbons (Fsp3) is 0.188. The minimum Gasteiger partial charge on any atom is -0.349 e. The number of H-pyrrole nitrogens is 1. The molecule has 5 nitrogen and oxygen atoms in total. The Morgan fingerprint density at radius 1 is 1.40 bits per heavy atom. The van der Waals surface area contributed by atoms with Gasteiger partial charge in [-0.1, -0.05) is 47.1 Å². The molecule has 2 N–H and O–H groups in total. The molecule has 2 aromatic heterocycles. The highest BCUT2D eigenvalue weighted by Crippen LogP contribution is 2.26. The SMILES string of the molecule is C[C@@H](NC(=O)CSc1n[nH]c(-c2cccs2)n1)c1ccc(Cl)cc1Cl. The van der Waals surface area contributed by atoms with Crippen molar-refractivity contribution >= 4 is 52.2 Å². The fourth-order valence-electron chi connectivity index (χ4n) is 2.18. The van der Waals surface area contributed by atoms with Crippen molar-refractivity contribution in [3.05, 3.63) is 51.3 Å². The van der Waals surface area contributed by atoms with Gasteiger partial charge in [-0.15, -0.1) is 16.4 Å². The molecule has 3 rings (SSSR count). The third-order valence-electron chi connectivity index (χ3n) is 3.36. The number of benzene rings is 1. The summed E-state index contributed by atoms with van der Waals surface area (Å²) in [5, 5.41) is 13.5. The molecule has 130 valence electrons. The van der Waals surface area contributed by atoms with E-state index < -0.39 is 0 Å². The number of thioether (sulfide) groups is 1. The number of hydrogen-bond acceptors (Lipinski definition) is 5. The van der Waals surface area contributed by atoms with Crippen LogP contribution in [0.2, 0.25) is 10.0 Å². The van der Waals surface area contributed by atoms with Crippen LogP contribution in [0, 0.1) is 0 Å². The lowest BCUT2D eigenvalue weighted by Gasteiger charge is -2.15. The number of thiophene rings is 1. The maximum Gasteiger partial charge on any atom is 0.230 e. The molecule has 1 atom stereocenters. The first-order chi connectivity index (χ1) is 12.0. The van der Waals surface area contributed by atoms with E-state index in [1.54, 1.807) is 23.5 Å². The topological polar surface area (TPSA) is 70.7 Å². The predicted molar refractivity (Wildman–Crippen MR) is 103 cm³/mol. The molecule has 2 heterocycles. The van der Waals surface area contributed by atoms with Crippen LogP contribution in [0.5, 0.6) is 0 Å². The normalized spacial score (nSPS) is 12.1. The summed E-state index contributed by atoms with van der Waals surface area (Å²) in [5.74, 6) is 0.808. The minimum atomic E-state index is -0.216. The second kappa shape index (κ2) is 8.23. The summed E-state index contributed by atoms with van der Waals surface area (Å²) >= 11 is 14.9. The number of nitrogens with zero attached hydrogens (tertiary/aromatic N) is 2. The van der Waals surface area contributed by atoms with Gasteiger partial charge in [0.25, 0.3) is 0 Å². The first kappa shape index (κ1) is 18.3. The number of halogens is 2. The average molecular weight is 413 g/mol. The van der Waals surface area contributed by atoms with Gasteiger partial charge < -0.3 is 5.32 Å². The molecule has 1 amide bonds. The Hall–Kier alpha value is -1.54. The van der Waals surface area contributed by atoms with Crippen LogP contribution in [0.15, 0.2) is 40.9 Å². The number of aromatic nitrogens is 3. The Morgan fingerprint density at radius 3 is 2.96 bits per heavy atom. The molecular formula is C16H14Cl2N4OS2. The first-order valence-electron chi connectivity index (χ1n) is 7.36. The van der Waals surface area contributed by atoms with Crippen molar-refractivity contribution in [2.75, 3.05) is 5.75 Å². The zero-order chi connectivity index (χ0) is 17.8. The van der Waals surface area contributed by atoms with Crippen LogP contribution in [-0.4, -0.2) is 26.8 Å². The van der Waals surface area contributed by atoms with E-state index in [0.29, 0.717) is 21.0 Å². The highest BCUT2D eigenvalue weighted by Gasteiger charge is 2.14. The van der Waals surface area contributed by atoms with Crippen LogP contribution in [0.1, 0.15) is 18.5 Å². The molecule has 0 spiro atoms. The van der Waals surface area contributed by atoms with Gasteiger partial charge in [0.05, 0.1) is 16.7 Å². The summed E-state index contributed by atoms with van der Waals surface area (Å²) in [5.41, 5.74) is 0.822. The molecule has 0 fully saturated rings. The van der Waals surface area contributed by atoms with Gasteiger partial charge in [0.1, 0.15) is 0 Å². The molecule has 0 aliphatic rings. The van der Waals surface area contributed by atoms with E-state index in [-0.39, 0.29) is 17.7 Å². The molecule has 0 unspecified atom stereocenters. The monoisotopic (exact) mass is 412 g/mol. The van der Waals surface area contributed by atoms with Crippen molar-refractivity contribution in [1.29, 1.82) is 0 Å². The van der Waals surface area contributed by atoms with E-state index in [9.17, 15) is 4.79 Å². The molecule has 25 heavy (non-hydrogen) atoms. The third kappa shape index (κ3) is 4.76. The average Bonchev–Trinajstić information content (AvgIpc) is 3.24. The van der Waals surface area contributed by atoms with E-state index in [4.69, 9.17) is 23.2 Å². The van der Waals surface area contributed by atoms with Crippen molar-refractivity contribution in [2.45, 2.75) is 18.1 Å². The highest BCUT2D eigenvalue weighted by molar-refractivity contribution is 7.99. The van der Waals surface area contributed by atoms with E-state index in [0.717, 1.165) is 10.4 Å². The highest BCUT2D eigenvalue weighted by atomic mass is 35.5. The molecular weight excluding hydrogens is 399 g/mol. The van der Waals surface area contributed by atoms with Crippen molar-refractivity contribution < 1.29 is 4.79 Å². The molecule has 0 aliphatic heterocycles. The largest absolute Gasteiger partial charge is 0.349 e. The zero-order valence-corrected chi connectivity index (χ0v) is 16.3. The molecule has 1 aromatic carbocycles. The van der Waals surface area contributed by atoms with Gasteiger partial charge in [-0.25, -0.2) is 4.98 Å². The lowest BCUT2D eigenvalue weighted by molar-refractivity contribution is -0.119. The lowest BCUT2D eigenvalue weighted by atomic mass is 10.1. The number of rotatable bonds is 6. The van der Waals surface area contributed by atoms with Gasteiger partial charge in [0.2, 0.25) is 11.1 Å². The van der Waals surface area contributed by atoms with Crippen molar-refractivity contribution in [1.82, 2.24) is 20.5 Å². The lowest BCUT2D eigenvalue weighted by Crippen LogP contribution is -2.28. The van der Waals surface area contributed by atoms with Gasteiger partial charge in [0.15, 0.2) is 5.82 Å². The second-order valence-electron chi connectivity index (χ2n) is 5.19. The maximum atomic E-state index is 12.1. The van der Waals surface area contributed by atoms with E-state index in [1.807, 2.05) is 30.5 Å². The minimum absolute atomic E-state index is 0.119. The summed E-state index contributed by atoms with van der Waals surface area (Å²) in [6.45, 7) is 1.87. The molecule has 0 bridgehead atoms. The van der Waals surface area contributed by atoms with Gasteiger partial charge >= 0.3 is 0 Å². The molecule has 0 saturated heterocycles. The Balaban J connectivity index is 1.54. The Labute approximate surface area is 163 Å². The quantitative estimate of drug-likeness (QED) is 0.569. The fourth-order valence-corrected chi connectivity index (χ4v) is 4.02. The zero-order valence-electron chi connectivity index (χ0n) is 13.1. The Bertz CT molecular complexity index is 867. The van der Waals surface area contributed by atoms with Crippen molar-refractivity contribution in [2.24, 2.45) is 0 Å². The number of amides is 1. The second-order valence-corrected chi connectivity index (χ2v) is 7.92. The third-order valence-corrected chi connectivity index (χ3v) is 5.64. The van der Waals surface area contributed by atoms with Crippen LogP contribution >= 0.6 is 46.3 Å². The number of hydrogen-bond donors (Lipinski definition) is 2. The van der Waals surface area contributed by atoms with E-state index in [1.165, 1.54) is 11.8 Å². The molecule has 9 heteroatoms. The Morgan fingerprint density at radius 2 is 2.24 bits per heavy atom. The van der Waals surface area contributed by atoms with Gasteiger partial charge in [-0.3, -0.25) is 9.89 Å². The summed E-state index contributed by atoms with van der Waals surface area (Å²) < 4.78 is 0. The van der Waals surface area contributed by atoms with Crippen LogP contribution < -0.4 is 5.32 Å². The van der Waals surface area contributed by atoms with Gasteiger partial charge in [0, 0.05) is 10.0 Å². The molecule has 3 aromatic rings. The van der Waals surface area contributed by atoms with Gasteiger partial charge in [-0.05, 0) is 36.1 Å². The summed E-state index contributed by atoms with van der Waals surface area (Å²) in [6, 6.07) is 8.92. The molecule has 0 aliphatic carbocycles. The maximum absolute atomic E-state index is 12.1. The van der Waals surface area contributed by atoms with Gasteiger partial charge in [-0.2, -0.15) is 0 Å².